The molecule has 2 N–H and O–H groups in total. The molecule has 0 spiro atoms. The maximum atomic E-state index is 11.0. The average molecular weight is 240 g/mol. The molecule has 0 saturated heterocycles. The van der Waals surface area contributed by atoms with Gasteiger partial charge < -0.3 is 5.32 Å². The Morgan fingerprint density at radius 1 is 1.50 bits per heavy atom. The number of hydroxylamine groups is 2. The lowest BCUT2D eigenvalue weighted by molar-refractivity contribution is -0.0181. The predicted molar refractivity (Wildman–Crippen MR) is 65.9 cm³/mol. The molecule has 1 atom stereocenters. The fraction of sp³-hybridized carbons (Fsp3) is 0.364. The maximum Gasteiger partial charge on any atom is 0.340 e. The molecule has 0 aliphatic heterocycles. The summed E-state index contributed by atoms with van der Waals surface area (Å²) in [5.41, 5.74) is 1.18. The second-order valence-corrected chi connectivity index (χ2v) is 4.28. The molecule has 1 aromatic carbocycles. The van der Waals surface area contributed by atoms with Gasteiger partial charge in [-0.3, -0.25) is 5.21 Å². The lowest BCUT2D eigenvalue weighted by atomic mass is 10.1. The normalized spacial score (nSPS) is 11.9. The van der Waals surface area contributed by atoms with Crippen LogP contribution in [0.1, 0.15) is 5.56 Å². The van der Waals surface area contributed by atoms with Crippen molar-refractivity contribution in [3.8, 4) is 0 Å². The Kier molecular flexibility index (Phi) is 5.14. The number of nitrogens with one attached hydrogen (secondary N) is 1. The first-order valence-corrected chi connectivity index (χ1v) is 5.53. The summed E-state index contributed by atoms with van der Waals surface area (Å²) in [7, 11) is 1.28. The molecule has 0 saturated carbocycles. The lowest BCUT2D eigenvalue weighted by Gasteiger charge is -2.14. The molecule has 0 radical (unpaired) electrons. The van der Waals surface area contributed by atoms with Gasteiger partial charge in [-0.2, -0.15) is 12.6 Å². The van der Waals surface area contributed by atoms with Crippen LogP contribution in [0, 0.1) is 0 Å². The van der Waals surface area contributed by atoms with Gasteiger partial charge in [0.25, 0.3) is 0 Å². The zero-order valence-electron chi connectivity index (χ0n) is 9.13. The quantitative estimate of drug-likeness (QED) is 0.425. The summed E-state index contributed by atoms with van der Waals surface area (Å²) in [4.78, 5) is 11.0. The Morgan fingerprint density at radius 2 is 2.12 bits per heavy atom. The predicted octanol–water partition coefficient (Wildman–Crippen LogP) is 1.56. The molecule has 0 aromatic heterocycles. The highest BCUT2D eigenvalue weighted by atomic mass is 32.1. The van der Waals surface area contributed by atoms with E-state index in [0.29, 0.717) is 11.6 Å². The monoisotopic (exact) mass is 240 g/mol. The summed E-state index contributed by atoms with van der Waals surface area (Å²) in [6, 6.07) is 9.41. The van der Waals surface area contributed by atoms with Gasteiger partial charge in [-0.25, -0.2) is 9.86 Å². The van der Waals surface area contributed by atoms with Gasteiger partial charge in [0.15, 0.2) is 0 Å². The molecular weight excluding hydrogens is 224 g/mol. The standard InChI is InChI=1S/C11H16N2O2S/c1-13(15)11(14)12-8-10(16)7-9-5-3-2-4-6-9/h2-6,10,15-16H,7-8H2,1H3,(H,12,14). The molecule has 2 amide bonds. The summed E-state index contributed by atoms with van der Waals surface area (Å²) in [5, 5.41) is 11.9. The summed E-state index contributed by atoms with van der Waals surface area (Å²) >= 11 is 4.37. The molecule has 88 valence electrons. The molecular formula is C11H16N2O2S. The third kappa shape index (κ3) is 4.55. The maximum absolute atomic E-state index is 11.0. The van der Waals surface area contributed by atoms with Crippen molar-refractivity contribution in [2.75, 3.05) is 13.6 Å². The minimum atomic E-state index is -0.521. The van der Waals surface area contributed by atoms with Gasteiger partial charge in [-0.1, -0.05) is 30.3 Å². The third-order valence-electron chi connectivity index (χ3n) is 2.10. The molecule has 0 aliphatic carbocycles. The van der Waals surface area contributed by atoms with Crippen molar-refractivity contribution in [1.82, 2.24) is 10.4 Å². The van der Waals surface area contributed by atoms with Crippen molar-refractivity contribution in [2.45, 2.75) is 11.7 Å². The number of hydrogen-bond acceptors (Lipinski definition) is 3. The number of urea groups is 1. The van der Waals surface area contributed by atoms with Crippen LogP contribution < -0.4 is 5.32 Å². The van der Waals surface area contributed by atoms with Crippen LogP contribution in [0.2, 0.25) is 0 Å². The van der Waals surface area contributed by atoms with Crippen LogP contribution in [-0.2, 0) is 6.42 Å². The first-order chi connectivity index (χ1) is 7.59. The van der Waals surface area contributed by atoms with Crippen LogP contribution in [0.25, 0.3) is 0 Å². The van der Waals surface area contributed by atoms with Crippen molar-refractivity contribution in [1.29, 1.82) is 0 Å². The van der Waals surface area contributed by atoms with Gasteiger partial charge >= 0.3 is 6.03 Å². The highest BCUT2D eigenvalue weighted by Crippen LogP contribution is 2.06. The minimum Gasteiger partial charge on any atom is -0.335 e. The van der Waals surface area contributed by atoms with E-state index in [1.807, 2.05) is 30.3 Å². The van der Waals surface area contributed by atoms with Crippen LogP contribution in [0.4, 0.5) is 4.79 Å². The Morgan fingerprint density at radius 3 is 2.69 bits per heavy atom. The third-order valence-corrected chi connectivity index (χ3v) is 2.46. The van der Waals surface area contributed by atoms with E-state index < -0.39 is 6.03 Å². The molecule has 16 heavy (non-hydrogen) atoms. The van der Waals surface area contributed by atoms with Crippen LogP contribution >= 0.6 is 12.6 Å². The summed E-state index contributed by atoms with van der Waals surface area (Å²) in [5.74, 6) is 0. The van der Waals surface area contributed by atoms with Crippen LogP contribution in [0.15, 0.2) is 30.3 Å². The van der Waals surface area contributed by atoms with Gasteiger partial charge in [-0.05, 0) is 12.0 Å². The number of hydrogen-bond donors (Lipinski definition) is 3. The molecule has 4 nitrogen and oxygen atoms in total. The molecule has 1 rings (SSSR count). The van der Waals surface area contributed by atoms with Crippen molar-refractivity contribution in [2.24, 2.45) is 0 Å². The average Bonchev–Trinajstić information content (AvgIpc) is 2.27. The number of thiol groups is 1. The second-order valence-electron chi connectivity index (χ2n) is 3.55. The van der Waals surface area contributed by atoms with E-state index in [1.165, 1.54) is 12.6 Å². The van der Waals surface area contributed by atoms with Gasteiger partial charge in [0.1, 0.15) is 0 Å². The SMILES string of the molecule is CN(O)C(=O)NCC(S)Cc1ccccc1. The van der Waals surface area contributed by atoms with Gasteiger partial charge in [0.2, 0.25) is 0 Å². The molecule has 0 aliphatic rings. The van der Waals surface area contributed by atoms with Crippen molar-refractivity contribution in [3.63, 3.8) is 0 Å². The summed E-state index contributed by atoms with van der Waals surface area (Å²) < 4.78 is 0. The minimum absolute atomic E-state index is 0.0336. The van der Waals surface area contributed by atoms with Gasteiger partial charge in [-0.15, -0.1) is 0 Å². The number of nitrogens with zero attached hydrogens (tertiary/aromatic N) is 1. The fourth-order valence-corrected chi connectivity index (χ4v) is 1.58. The lowest BCUT2D eigenvalue weighted by Crippen LogP contribution is -2.38. The Balaban J connectivity index is 2.31. The van der Waals surface area contributed by atoms with Crippen molar-refractivity contribution < 1.29 is 10.0 Å². The Labute approximate surface area is 101 Å². The highest BCUT2D eigenvalue weighted by molar-refractivity contribution is 7.81. The topological polar surface area (TPSA) is 52.6 Å². The number of amides is 2. The Hall–Kier alpha value is -1.20. The van der Waals surface area contributed by atoms with E-state index >= 15 is 0 Å². The Bertz CT molecular complexity index is 330. The smallest absolute Gasteiger partial charge is 0.335 e. The first kappa shape index (κ1) is 12.9. The van der Waals surface area contributed by atoms with Gasteiger partial charge in [0, 0.05) is 18.8 Å². The number of carbonyl (C=O) groups excluding carboxylic acids is 1. The largest absolute Gasteiger partial charge is 0.340 e. The fourth-order valence-electron chi connectivity index (χ4n) is 1.28. The molecule has 0 bridgehead atoms. The van der Waals surface area contributed by atoms with Crippen LogP contribution in [0.5, 0.6) is 0 Å². The number of carbonyl (C=O) groups is 1. The van der Waals surface area contributed by atoms with E-state index in [-0.39, 0.29) is 5.25 Å². The summed E-state index contributed by atoms with van der Waals surface area (Å²) in [6.07, 6.45) is 0.777. The van der Waals surface area contributed by atoms with E-state index in [0.717, 1.165) is 6.42 Å². The summed E-state index contributed by atoms with van der Waals surface area (Å²) in [6.45, 7) is 0.418. The van der Waals surface area contributed by atoms with E-state index in [1.54, 1.807) is 0 Å². The van der Waals surface area contributed by atoms with Crippen LogP contribution in [-0.4, -0.2) is 35.1 Å². The molecule has 5 heteroatoms. The van der Waals surface area contributed by atoms with E-state index in [2.05, 4.69) is 17.9 Å². The second kappa shape index (κ2) is 6.40. The number of benzene rings is 1. The van der Waals surface area contributed by atoms with E-state index in [9.17, 15) is 4.79 Å². The highest BCUT2D eigenvalue weighted by Gasteiger charge is 2.08. The first-order valence-electron chi connectivity index (χ1n) is 5.02. The zero-order valence-corrected chi connectivity index (χ0v) is 10.0. The molecule has 0 heterocycles. The number of rotatable bonds is 4. The van der Waals surface area contributed by atoms with E-state index in [4.69, 9.17) is 5.21 Å². The molecule has 1 aromatic rings. The molecule has 0 fully saturated rings. The zero-order chi connectivity index (χ0) is 12.0. The van der Waals surface area contributed by atoms with Gasteiger partial charge in [0.05, 0.1) is 0 Å². The molecule has 1 unspecified atom stereocenters. The van der Waals surface area contributed by atoms with Crippen LogP contribution in [0.3, 0.4) is 0 Å². The van der Waals surface area contributed by atoms with Crippen molar-refractivity contribution in [3.05, 3.63) is 35.9 Å². The van der Waals surface area contributed by atoms with Crippen molar-refractivity contribution >= 4 is 18.7 Å².